The van der Waals surface area contributed by atoms with Crippen molar-refractivity contribution in [3.05, 3.63) is 43.5 Å². The van der Waals surface area contributed by atoms with Crippen molar-refractivity contribution in [1.82, 2.24) is 0 Å². The van der Waals surface area contributed by atoms with E-state index >= 15 is 0 Å². The van der Waals surface area contributed by atoms with Gasteiger partial charge in [0.1, 0.15) is 14.3 Å². The van der Waals surface area contributed by atoms with E-state index in [2.05, 4.69) is 41.5 Å². The molecule has 4 aliphatic heterocycles. The molecule has 24 heavy (non-hydrogen) atoms. The largest absolute Gasteiger partial charge is 0.314 e. The van der Waals surface area contributed by atoms with Crippen LogP contribution in [0.5, 0.6) is 0 Å². The van der Waals surface area contributed by atoms with Gasteiger partial charge in [-0.25, -0.2) is 0 Å². The van der Waals surface area contributed by atoms with Gasteiger partial charge in [-0.2, -0.15) is 0 Å². The monoisotopic (exact) mass is 362 g/mol. The number of hydrogen-bond donors (Lipinski definition) is 0. The summed E-state index contributed by atoms with van der Waals surface area (Å²) < 4.78 is 28.1. The quantitative estimate of drug-likeness (QED) is 0.475. The molecule has 4 rings (SSSR count). The van der Waals surface area contributed by atoms with Crippen LogP contribution in [0.2, 0.25) is 0 Å². The molecule has 0 spiro atoms. The minimum atomic E-state index is -2.58. The Hall–Kier alpha value is -0.580. The van der Waals surface area contributed by atoms with Gasteiger partial charge in [0, 0.05) is 33.8 Å². The zero-order valence-electron chi connectivity index (χ0n) is 16.1. The minimum absolute atomic E-state index is 0.0993. The lowest BCUT2D eigenvalue weighted by atomic mass is 9.76. The predicted molar refractivity (Wildman–Crippen MR) is 103 cm³/mol. The Labute approximate surface area is 145 Å². The predicted octanol–water partition coefficient (Wildman–Crippen LogP) is 6.92. The maximum Gasteiger partial charge on any atom is 0.141 e. The van der Waals surface area contributed by atoms with Crippen LogP contribution < -0.4 is 0 Å². The highest BCUT2D eigenvalue weighted by molar-refractivity contribution is 7.79. The zero-order valence-corrected chi connectivity index (χ0v) is 17.9. The number of allylic oxidation sites excluding steroid dienone is 8. The van der Waals surface area contributed by atoms with Crippen molar-refractivity contribution in [3.8, 4) is 0 Å². The van der Waals surface area contributed by atoms with E-state index in [1.54, 1.807) is 0 Å². The van der Waals surface area contributed by atoms with Crippen molar-refractivity contribution in [1.29, 1.82) is 0 Å². The van der Waals surface area contributed by atoms with E-state index in [9.17, 15) is 9.13 Å². The molecule has 0 amide bonds. The van der Waals surface area contributed by atoms with Crippen molar-refractivity contribution in [3.63, 3.8) is 0 Å². The lowest BCUT2D eigenvalue weighted by Crippen LogP contribution is -2.19. The van der Waals surface area contributed by atoms with Crippen LogP contribution in [0, 0.1) is 10.8 Å². The molecule has 130 valence electrons. The summed E-state index contributed by atoms with van der Waals surface area (Å²) in [5, 5.41) is 4.16. The van der Waals surface area contributed by atoms with Gasteiger partial charge >= 0.3 is 0 Å². The number of hydrogen-bond acceptors (Lipinski definition) is 2. The van der Waals surface area contributed by atoms with Gasteiger partial charge in [-0.1, -0.05) is 36.1 Å². The van der Waals surface area contributed by atoms with Crippen molar-refractivity contribution >= 4 is 14.3 Å². The van der Waals surface area contributed by atoms with Crippen LogP contribution in [-0.2, 0) is 9.13 Å². The second-order valence-corrected chi connectivity index (χ2v) is 14.7. The van der Waals surface area contributed by atoms with Gasteiger partial charge in [0.2, 0.25) is 0 Å². The zero-order chi connectivity index (χ0) is 18.0. The number of rotatable bonds is 1. The molecule has 0 aromatic rings. The molecule has 0 aromatic carbocycles. The summed E-state index contributed by atoms with van der Waals surface area (Å²) in [6, 6.07) is 0. The Balaban J connectivity index is 2.05. The van der Waals surface area contributed by atoms with Gasteiger partial charge in [-0.05, 0) is 52.2 Å². The summed E-state index contributed by atoms with van der Waals surface area (Å²) in [5.74, 6) is 0. The standard InChI is InChI=1S/C20H28O2P2/c1-11-15(5)23(21)9-19(11,7)13(3)17(23)18-14(4)20(8)10-24(18,22)16(6)12(20)2/h9-10H2,1-8H3/t19-,20-,23?,24?/m0/s1. The fraction of sp³-hybridized carbons (Fsp3) is 0.600. The molecule has 4 atom stereocenters. The second kappa shape index (κ2) is 4.21. The molecule has 2 nitrogen and oxygen atoms in total. The molecule has 0 N–H and O–H groups in total. The smallest absolute Gasteiger partial charge is 0.141 e. The van der Waals surface area contributed by atoms with E-state index in [0.717, 1.165) is 21.3 Å². The molecular formula is C20H28O2P2. The molecule has 4 heteroatoms. The molecule has 0 saturated heterocycles. The Morgan fingerprint density at radius 2 is 0.917 bits per heavy atom. The summed E-state index contributed by atoms with van der Waals surface area (Å²) >= 11 is 0. The van der Waals surface area contributed by atoms with Crippen molar-refractivity contribution in [2.75, 3.05) is 12.3 Å². The average molecular weight is 362 g/mol. The van der Waals surface area contributed by atoms with Gasteiger partial charge < -0.3 is 9.13 Å². The van der Waals surface area contributed by atoms with Gasteiger partial charge in [-0.3, -0.25) is 0 Å². The third kappa shape index (κ3) is 1.42. The van der Waals surface area contributed by atoms with E-state index in [1.807, 2.05) is 13.8 Å². The lowest BCUT2D eigenvalue weighted by Gasteiger charge is -2.32. The van der Waals surface area contributed by atoms with Crippen LogP contribution in [0.3, 0.4) is 0 Å². The highest BCUT2D eigenvalue weighted by Gasteiger charge is 2.63. The van der Waals surface area contributed by atoms with Crippen LogP contribution in [0.1, 0.15) is 55.4 Å². The Kier molecular flexibility index (Phi) is 2.96. The summed E-state index contributed by atoms with van der Waals surface area (Å²) in [6.45, 7) is 17.1. The fourth-order valence-electron chi connectivity index (χ4n) is 5.76. The highest BCUT2D eigenvalue weighted by atomic mass is 31.2. The SMILES string of the molecule is CC1=C(C)P2(=O)C[C@]1(C)C(C)=C2C1=C(C)[C@@]2(C)CP1(=O)C(C)=C2C. The molecule has 2 unspecified atom stereocenters. The van der Waals surface area contributed by atoms with Crippen molar-refractivity contribution in [2.24, 2.45) is 10.8 Å². The molecule has 4 aliphatic rings. The Bertz CT molecular complexity index is 878. The summed E-state index contributed by atoms with van der Waals surface area (Å²) in [5.41, 5.74) is 4.80. The van der Waals surface area contributed by atoms with Crippen LogP contribution >= 0.6 is 14.3 Å². The molecule has 0 saturated carbocycles. The molecule has 4 heterocycles. The summed E-state index contributed by atoms with van der Waals surface area (Å²) in [7, 11) is -5.17. The third-order valence-electron chi connectivity index (χ3n) is 8.21. The molecule has 4 bridgehead atoms. The van der Waals surface area contributed by atoms with Gasteiger partial charge in [0.25, 0.3) is 0 Å². The van der Waals surface area contributed by atoms with E-state index in [1.165, 1.54) is 22.3 Å². The van der Waals surface area contributed by atoms with Gasteiger partial charge in [0.05, 0.1) is 0 Å². The topological polar surface area (TPSA) is 34.1 Å². The lowest BCUT2D eigenvalue weighted by molar-refractivity contribution is 0.549. The molecule has 0 aliphatic carbocycles. The van der Waals surface area contributed by atoms with Gasteiger partial charge in [-0.15, -0.1) is 0 Å². The number of fused-ring (bicyclic) bond motifs is 4. The maximum atomic E-state index is 14.1. The van der Waals surface area contributed by atoms with Crippen LogP contribution in [0.25, 0.3) is 0 Å². The Morgan fingerprint density at radius 1 is 0.625 bits per heavy atom. The maximum absolute atomic E-state index is 14.1. The minimum Gasteiger partial charge on any atom is -0.314 e. The second-order valence-electron chi connectivity index (χ2n) is 8.83. The first kappa shape index (κ1) is 16.9. The normalized spacial score (nSPS) is 47.2. The fourth-order valence-corrected chi connectivity index (χ4v) is 15.1. The average Bonchev–Trinajstić information content (AvgIpc) is 2.98. The summed E-state index contributed by atoms with van der Waals surface area (Å²) in [6.07, 6.45) is 1.43. The van der Waals surface area contributed by atoms with E-state index in [0.29, 0.717) is 12.3 Å². The van der Waals surface area contributed by atoms with E-state index < -0.39 is 14.3 Å². The molecule has 0 fully saturated rings. The highest BCUT2D eigenvalue weighted by Crippen LogP contribution is 2.88. The van der Waals surface area contributed by atoms with E-state index in [-0.39, 0.29) is 10.8 Å². The van der Waals surface area contributed by atoms with E-state index in [4.69, 9.17) is 0 Å². The first-order chi connectivity index (χ1) is 10.9. The van der Waals surface area contributed by atoms with Crippen molar-refractivity contribution < 1.29 is 9.13 Å². The molecule has 0 aromatic heterocycles. The molecular weight excluding hydrogens is 334 g/mol. The third-order valence-corrected chi connectivity index (χ3v) is 15.9. The Morgan fingerprint density at radius 3 is 1.17 bits per heavy atom. The molecule has 0 radical (unpaired) electrons. The van der Waals surface area contributed by atoms with Crippen molar-refractivity contribution in [2.45, 2.75) is 55.4 Å². The summed E-state index contributed by atoms with van der Waals surface area (Å²) in [4.78, 5) is 0. The first-order valence-electron chi connectivity index (χ1n) is 8.85. The van der Waals surface area contributed by atoms with Crippen LogP contribution in [0.15, 0.2) is 43.5 Å². The van der Waals surface area contributed by atoms with Crippen LogP contribution in [0.4, 0.5) is 0 Å². The van der Waals surface area contributed by atoms with Gasteiger partial charge in [0.15, 0.2) is 0 Å². The van der Waals surface area contributed by atoms with Crippen LogP contribution in [-0.4, -0.2) is 12.3 Å². The first-order valence-corrected chi connectivity index (χ1v) is 12.6.